The van der Waals surface area contributed by atoms with Crippen LogP contribution in [0.2, 0.25) is 0 Å². The molecule has 1 heterocycles. The zero-order valence-electron chi connectivity index (χ0n) is 16.7. The van der Waals surface area contributed by atoms with Crippen LogP contribution in [0.3, 0.4) is 0 Å². The van der Waals surface area contributed by atoms with Crippen molar-refractivity contribution < 1.29 is 14.6 Å². The van der Waals surface area contributed by atoms with E-state index >= 15 is 0 Å². The molecule has 1 aromatic carbocycles. The standard InChI is InChI=1S/C22H23BrN2O3S/c1-22(2,3)14-5-6-15-16(10-24)21(29-19(15)9-14)25-11-13-4-7-18(17(23)8-13)28-12-20(26)27/h4,7-8,11,14H,5-6,9,12H2,1-3H3,(H,26,27)/t14-/m1/s1. The van der Waals surface area contributed by atoms with Gasteiger partial charge in [0.25, 0.3) is 0 Å². The molecule has 152 valence electrons. The van der Waals surface area contributed by atoms with Crippen molar-refractivity contribution in [3.8, 4) is 11.8 Å². The molecular weight excluding hydrogens is 452 g/mol. The van der Waals surface area contributed by atoms with Gasteiger partial charge in [-0.1, -0.05) is 20.8 Å². The molecule has 1 N–H and O–H groups in total. The topological polar surface area (TPSA) is 82.7 Å². The van der Waals surface area contributed by atoms with E-state index in [1.807, 2.05) is 6.07 Å². The molecular formula is C22H23BrN2O3S. The third kappa shape index (κ3) is 5.06. The summed E-state index contributed by atoms with van der Waals surface area (Å²) in [6, 6.07) is 7.68. The van der Waals surface area contributed by atoms with E-state index in [4.69, 9.17) is 9.84 Å². The maximum absolute atomic E-state index is 10.6. The number of aliphatic imine (C=N–C) groups is 1. The number of hydrogen-bond acceptors (Lipinski definition) is 5. The fraction of sp³-hybridized carbons (Fsp3) is 0.409. The van der Waals surface area contributed by atoms with Crippen molar-refractivity contribution in [1.82, 2.24) is 0 Å². The molecule has 1 aliphatic carbocycles. The summed E-state index contributed by atoms with van der Waals surface area (Å²) in [5.41, 5.74) is 2.97. The van der Waals surface area contributed by atoms with E-state index in [2.05, 4.69) is 47.8 Å². The van der Waals surface area contributed by atoms with E-state index in [0.717, 1.165) is 29.8 Å². The number of fused-ring (bicyclic) bond motifs is 1. The Balaban J connectivity index is 1.81. The van der Waals surface area contributed by atoms with E-state index < -0.39 is 12.6 Å². The maximum Gasteiger partial charge on any atom is 0.341 e. The van der Waals surface area contributed by atoms with Crippen LogP contribution in [-0.4, -0.2) is 23.9 Å². The number of thiophene rings is 1. The van der Waals surface area contributed by atoms with Crippen molar-refractivity contribution in [2.45, 2.75) is 40.0 Å². The third-order valence-electron chi connectivity index (χ3n) is 5.22. The summed E-state index contributed by atoms with van der Waals surface area (Å²) in [6.07, 6.45) is 4.78. The number of carbonyl (C=O) groups is 1. The second kappa shape index (κ2) is 8.68. The summed E-state index contributed by atoms with van der Waals surface area (Å²) in [4.78, 5) is 16.5. The number of aliphatic carboxylic acids is 1. The van der Waals surface area contributed by atoms with Crippen molar-refractivity contribution in [1.29, 1.82) is 5.26 Å². The molecule has 1 aromatic heterocycles. The molecule has 1 aliphatic rings. The fourth-order valence-corrected chi connectivity index (χ4v) is 5.24. The van der Waals surface area contributed by atoms with Crippen LogP contribution in [0.5, 0.6) is 5.75 Å². The molecule has 0 aliphatic heterocycles. The molecule has 0 radical (unpaired) electrons. The first-order valence-electron chi connectivity index (χ1n) is 9.42. The van der Waals surface area contributed by atoms with E-state index in [-0.39, 0.29) is 5.41 Å². The number of nitriles is 1. The molecule has 0 spiro atoms. The van der Waals surface area contributed by atoms with Gasteiger partial charge in [-0.15, -0.1) is 11.3 Å². The minimum atomic E-state index is -1.03. The molecule has 1 atom stereocenters. The summed E-state index contributed by atoms with van der Waals surface area (Å²) in [7, 11) is 0. The second-order valence-electron chi connectivity index (χ2n) is 8.23. The first-order chi connectivity index (χ1) is 13.7. The van der Waals surface area contributed by atoms with Crippen LogP contribution in [-0.2, 0) is 17.6 Å². The van der Waals surface area contributed by atoms with Gasteiger partial charge in [0.15, 0.2) is 6.61 Å². The van der Waals surface area contributed by atoms with Crippen LogP contribution in [0.25, 0.3) is 0 Å². The molecule has 0 bridgehead atoms. The highest BCUT2D eigenvalue weighted by molar-refractivity contribution is 9.10. The molecule has 3 rings (SSSR count). The van der Waals surface area contributed by atoms with Gasteiger partial charge < -0.3 is 9.84 Å². The predicted molar refractivity (Wildman–Crippen MR) is 119 cm³/mol. The predicted octanol–water partition coefficient (Wildman–Crippen LogP) is 5.75. The van der Waals surface area contributed by atoms with Crippen molar-refractivity contribution in [3.05, 3.63) is 44.2 Å². The lowest BCUT2D eigenvalue weighted by Gasteiger charge is -2.33. The summed E-state index contributed by atoms with van der Waals surface area (Å²) in [6.45, 7) is 6.45. The smallest absolute Gasteiger partial charge is 0.341 e. The van der Waals surface area contributed by atoms with Crippen LogP contribution in [0, 0.1) is 22.7 Å². The number of carboxylic acid groups (broad SMARTS) is 1. The van der Waals surface area contributed by atoms with E-state index in [0.29, 0.717) is 21.7 Å². The van der Waals surface area contributed by atoms with Gasteiger partial charge in [-0.2, -0.15) is 5.26 Å². The Morgan fingerprint density at radius 2 is 2.24 bits per heavy atom. The van der Waals surface area contributed by atoms with Crippen LogP contribution >= 0.6 is 27.3 Å². The average Bonchev–Trinajstić information content (AvgIpc) is 3.01. The highest BCUT2D eigenvalue weighted by Gasteiger charge is 2.32. The number of carboxylic acids is 1. The van der Waals surface area contributed by atoms with Gasteiger partial charge in [0.05, 0.1) is 10.0 Å². The first-order valence-corrected chi connectivity index (χ1v) is 11.0. The average molecular weight is 475 g/mol. The molecule has 5 nitrogen and oxygen atoms in total. The Labute approximate surface area is 183 Å². The summed E-state index contributed by atoms with van der Waals surface area (Å²) < 4.78 is 5.87. The van der Waals surface area contributed by atoms with Crippen LogP contribution in [0.1, 0.15) is 48.8 Å². The summed E-state index contributed by atoms with van der Waals surface area (Å²) >= 11 is 5.02. The van der Waals surface area contributed by atoms with Gasteiger partial charge in [-0.3, -0.25) is 0 Å². The third-order valence-corrected chi connectivity index (χ3v) is 7.00. The van der Waals surface area contributed by atoms with Gasteiger partial charge in [0, 0.05) is 11.1 Å². The second-order valence-corrected chi connectivity index (χ2v) is 10.2. The van der Waals surface area contributed by atoms with E-state index in [1.165, 1.54) is 10.4 Å². The molecule has 29 heavy (non-hydrogen) atoms. The van der Waals surface area contributed by atoms with Gasteiger partial charge in [0.2, 0.25) is 0 Å². The number of rotatable bonds is 5. The number of nitrogens with zero attached hydrogens (tertiary/aromatic N) is 2. The van der Waals surface area contributed by atoms with Crippen molar-refractivity contribution in [2.75, 3.05) is 6.61 Å². The highest BCUT2D eigenvalue weighted by Crippen LogP contribution is 2.44. The van der Waals surface area contributed by atoms with Crippen molar-refractivity contribution in [2.24, 2.45) is 16.3 Å². The summed E-state index contributed by atoms with van der Waals surface area (Å²) in [5, 5.41) is 19.2. The molecule has 0 saturated carbocycles. The Morgan fingerprint density at radius 1 is 1.48 bits per heavy atom. The largest absolute Gasteiger partial charge is 0.481 e. The molecule has 0 fully saturated rings. The molecule has 0 amide bonds. The Hall–Kier alpha value is -2.17. The van der Waals surface area contributed by atoms with Crippen LogP contribution in [0.4, 0.5) is 5.00 Å². The zero-order chi connectivity index (χ0) is 21.2. The monoisotopic (exact) mass is 474 g/mol. The van der Waals surface area contributed by atoms with Gasteiger partial charge >= 0.3 is 5.97 Å². The van der Waals surface area contributed by atoms with Crippen molar-refractivity contribution >= 4 is 44.5 Å². The normalized spacial score (nSPS) is 16.4. The van der Waals surface area contributed by atoms with E-state index in [1.54, 1.807) is 29.7 Å². The molecule has 2 aromatic rings. The quantitative estimate of drug-likeness (QED) is 0.559. The SMILES string of the molecule is CC(C)(C)[C@@H]1CCc2c(sc(N=Cc3ccc(OCC(=O)O)c(Br)c3)c2C#N)C1. The van der Waals surface area contributed by atoms with Crippen LogP contribution < -0.4 is 4.74 Å². The Bertz CT molecular complexity index is 999. The van der Waals surface area contributed by atoms with Crippen LogP contribution in [0.15, 0.2) is 27.7 Å². The van der Waals surface area contributed by atoms with Gasteiger partial charge in [0.1, 0.15) is 16.8 Å². The highest BCUT2D eigenvalue weighted by atomic mass is 79.9. The number of hydrogen-bond donors (Lipinski definition) is 1. The lowest BCUT2D eigenvalue weighted by Crippen LogP contribution is -2.26. The summed E-state index contributed by atoms with van der Waals surface area (Å²) in [5.74, 6) is 0.0512. The lowest BCUT2D eigenvalue weighted by molar-refractivity contribution is -0.139. The molecule has 0 unspecified atom stereocenters. The number of benzene rings is 1. The number of ether oxygens (including phenoxy) is 1. The molecule has 0 saturated heterocycles. The Morgan fingerprint density at radius 3 is 2.86 bits per heavy atom. The maximum atomic E-state index is 10.6. The van der Waals surface area contributed by atoms with Gasteiger partial charge in [-0.05, 0) is 75.9 Å². The lowest BCUT2D eigenvalue weighted by atomic mass is 9.72. The fourth-order valence-electron chi connectivity index (χ4n) is 3.50. The van der Waals surface area contributed by atoms with Crippen molar-refractivity contribution in [3.63, 3.8) is 0 Å². The Kier molecular flexibility index (Phi) is 6.45. The van der Waals surface area contributed by atoms with E-state index in [9.17, 15) is 10.1 Å². The number of halogens is 1. The minimum Gasteiger partial charge on any atom is -0.481 e. The minimum absolute atomic E-state index is 0.259. The van der Waals surface area contributed by atoms with Gasteiger partial charge in [-0.25, -0.2) is 9.79 Å². The molecule has 7 heteroatoms. The first kappa shape index (κ1) is 21.5. The zero-order valence-corrected chi connectivity index (χ0v) is 19.1.